The minimum Gasteiger partial charge on any atom is -0.379 e. The summed E-state index contributed by atoms with van der Waals surface area (Å²) in [5.41, 5.74) is 2.47. The molecule has 5 nitrogen and oxygen atoms in total. The number of aromatic nitrogens is 1. The number of ether oxygens (including phenoxy) is 1. The molecule has 2 aromatic heterocycles. The molecule has 0 aliphatic carbocycles. The maximum absolute atomic E-state index is 13.6. The number of fused-ring (bicyclic) bond motifs is 1. The van der Waals surface area contributed by atoms with E-state index >= 15 is 0 Å². The number of amides is 1. The van der Waals surface area contributed by atoms with Crippen molar-refractivity contribution >= 4 is 27.5 Å². The van der Waals surface area contributed by atoms with Gasteiger partial charge in [-0.2, -0.15) is 0 Å². The largest absolute Gasteiger partial charge is 0.379 e. The monoisotopic (exact) mass is 401 g/mol. The molecule has 1 aromatic carbocycles. The van der Waals surface area contributed by atoms with Crippen LogP contribution in [0.5, 0.6) is 0 Å². The molecular formula is C21H24FN3O2S. The first-order valence-corrected chi connectivity index (χ1v) is 10.5. The van der Waals surface area contributed by atoms with Gasteiger partial charge in [0, 0.05) is 26.2 Å². The van der Waals surface area contributed by atoms with Gasteiger partial charge >= 0.3 is 0 Å². The lowest BCUT2D eigenvalue weighted by molar-refractivity contribution is 0.0374. The fraction of sp³-hybridized carbons (Fsp3) is 0.381. The Morgan fingerprint density at radius 2 is 2.07 bits per heavy atom. The molecule has 1 saturated heterocycles. The highest BCUT2D eigenvalue weighted by atomic mass is 32.1. The molecule has 0 bridgehead atoms. The van der Waals surface area contributed by atoms with E-state index in [1.54, 1.807) is 17.4 Å². The number of rotatable bonds is 7. The lowest BCUT2D eigenvalue weighted by Crippen LogP contribution is -2.38. The molecule has 1 N–H and O–H groups in total. The molecule has 1 aliphatic heterocycles. The van der Waals surface area contributed by atoms with Crippen molar-refractivity contribution in [1.82, 2.24) is 14.8 Å². The van der Waals surface area contributed by atoms with Gasteiger partial charge in [0.25, 0.3) is 5.91 Å². The Labute approximate surface area is 167 Å². The van der Waals surface area contributed by atoms with Gasteiger partial charge in [-0.05, 0) is 48.2 Å². The second kappa shape index (κ2) is 8.86. The Hall–Kier alpha value is -2.22. The van der Waals surface area contributed by atoms with Gasteiger partial charge in [-0.15, -0.1) is 11.3 Å². The van der Waals surface area contributed by atoms with Gasteiger partial charge in [0.05, 0.1) is 23.4 Å². The summed E-state index contributed by atoms with van der Waals surface area (Å²) < 4.78 is 22.0. The fourth-order valence-corrected chi connectivity index (χ4v) is 4.40. The molecule has 1 fully saturated rings. The summed E-state index contributed by atoms with van der Waals surface area (Å²) in [5, 5.41) is 5.05. The molecule has 0 radical (unpaired) electrons. The average Bonchev–Trinajstić information content (AvgIpc) is 3.29. The van der Waals surface area contributed by atoms with Gasteiger partial charge < -0.3 is 14.6 Å². The number of benzene rings is 1. The smallest absolute Gasteiger partial charge is 0.267 e. The summed E-state index contributed by atoms with van der Waals surface area (Å²) in [7, 11) is 0. The lowest BCUT2D eigenvalue weighted by atomic mass is 10.2. The second-order valence-electron chi connectivity index (χ2n) is 6.98. The first-order valence-electron chi connectivity index (χ1n) is 9.60. The summed E-state index contributed by atoms with van der Waals surface area (Å²) in [5.74, 6) is -0.345. The van der Waals surface area contributed by atoms with Crippen LogP contribution in [0.15, 0.2) is 41.8 Å². The van der Waals surface area contributed by atoms with E-state index < -0.39 is 0 Å². The number of hydrogen-bond acceptors (Lipinski definition) is 4. The van der Waals surface area contributed by atoms with Crippen LogP contribution in [0.3, 0.4) is 0 Å². The van der Waals surface area contributed by atoms with E-state index in [0.717, 1.165) is 55.0 Å². The number of hydrogen-bond donors (Lipinski definition) is 1. The quantitative estimate of drug-likeness (QED) is 0.618. The van der Waals surface area contributed by atoms with Crippen LogP contribution in [0.1, 0.15) is 22.5 Å². The van der Waals surface area contributed by atoms with Crippen molar-refractivity contribution < 1.29 is 13.9 Å². The third kappa shape index (κ3) is 4.43. The van der Waals surface area contributed by atoms with Crippen molar-refractivity contribution in [1.29, 1.82) is 0 Å². The van der Waals surface area contributed by atoms with Crippen molar-refractivity contribution in [3.05, 3.63) is 58.9 Å². The number of thiophene rings is 1. The van der Waals surface area contributed by atoms with Gasteiger partial charge in [0.2, 0.25) is 0 Å². The van der Waals surface area contributed by atoms with Crippen molar-refractivity contribution in [3.63, 3.8) is 0 Å². The number of morpholine rings is 1. The predicted octanol–water partition coefficient (Wildman–Crippen LogP) is 3.34. The SMILES string of the molecule is O=C(NCCCN1CCOCC1)c1cc2sccc2n1Cc1cccc(F)c1. The third-order valence-electron chi connectivity index (χ3n) is 5.03. The molecule has 1 amide bonds. The van der Waals surface area contributed by atoms with Crippen LogP contribution in [-0.2, 0) is 11.3 Å². The third-order valence-corrected chi connectivity index (χ3v) is 5.88. The summed E-state index contributed by atoms with van der Waals surface area (Å²) in [4.78, 5) is 15.2. The summed E-state index contributed by atoms with van der Waals surface area (Å²) >= 11 is 1.61. The Morgan fingerprint density at radius 1 is 1.21 bits per heavy atom. The maximum Gasteiger partial charge on any atom is 0.267 e. The number of halogens is 1. The van der Waals surface area contributed by atoms with E-state index in [0.29, 0.717) is 18.8 Å². The van der Waals surface area contributed by atoms with Crippen LogP contribution in [0, 0.1) is 5.82 Å². The minimum absolute atomic E-state index is 0.0817. The van der Waals surface area contributed by atoms with E-state index in [9.17, 15) is 9.18 Å². The highest BCUT2D eigenvalue weighted by Gasteiger charge is 2.17. The molecule has 0 atom stereocenters. The summed E-state index contributed by atoms with van der Waals surface area (Å²) in [6, 6.07) is 10.5. The van der Waals surface area contributed by atoms with Gasteiger partial charge in [0.1, 0.15) is 11.5 Å². The van der Waals surface area contributed by atoms with Crippen LogP contribution >= 0.6 is 11.3 Å². The van der Waals surface area contributed by atoms with Crippen LogP contribution in [0.4, 0.5) is 4.39 Å². The van der Waals surface area contributed by atoms with Gasteiger partial charge in [-0.25, -0.2) is 4.39 Å². The van der Waals surface area contributed by atoms with E-state index in [1.165, 1.54) is 12.1 Å². The van der Waals surface area contributed by atoms with Gasteiger partial charge in [0.15, 0.2) is 0 Å². The standard InChI is InChI=1S/C21H24FN3O2S/c22-17-4-1-3-16(13-17)15-25-18-5-12-28-20(18)14-19(25)21(26)23-6-2-7-24-8-10-27-11-9-24/h1,3-5,12-14H,2,6-11,15H2,(H,23,26). The van der Waals surface area contributed by atoms with Crippen LogP contribution in [0.2, 0.25) is 0 Å². The number of carbonyl (C=O) groups excluding carboxylic acids is 1. The summed E-state index contributed by atoms with van der Waals surface area (Å²) in [6.45, 7) is 5.56. The van der Waals surface area contributed by atoms with Gasteiger partial charge in [-0.1, -0.05) is 12.1 Å². The zero-order valence-corrected chi connectivity index (χ0v) is 16.5. The Balaban J connectivity index is 1.42. The lowest BCUT2D eigenvalue weighted by Gasteiger charge is -2.26. The molecule has 0 saturated carbocycles. The predicted molar refractivity (Wildman–Crippen MR) is 110 cm³/mol. The number of nitrogens with zero attached hydrogens (tertiary/aromatic N) is 2. The minimum atomic E-state index is -0.264. The zero-order valence-electron chi connectivity index (χ0n) is 15.7. The van der Waals surface area contributed by atoms with E-state index in [4.69, 9.17) is 4.74 Å². The second-order valence-corrected chi connectivity index (χ2v) is 7.93. The summed E-state index contributed by atoms with van der Waals surface area (Å²) in [6.07, 6.45) is 0.907. The number of carbonyl (C=O) groups is 1. The molecule has 3 heterocycles. The highest BCUT2D eigenvalue weighted by Crippen LogP contribution is 2.26. The first-order chi connectivity index (χ1) is 13.7. The van der Waals surface area contributed by atoms with E-state index in [2.05, 4.69) is 10.2 Å². The number of nitrogens with one attached hydrogen (secondary N) is 1. The topological polar surface area (TPSA) is 46.5 Å². The molecular weight excluding hydrogens is 377 g/mol. The zero-order chi connectivity index (χ0) is 19.3. The van der Waals surface area contributed by atoms with E-state index in [-0.39, 0.29) is 11.7 Å². The normalized spacial score (nSPS) is 15.2. The molecule has 148 valence electrons. The fourth-order valence-electron chi connectivity index (χ4n) is 3.57. The highest BCUT2D eigenvalue weighted by molar-refractivity contribution is 7.17. The molecule has 1 aliphatic rings. The Morgan fingerprint density at radius 3 is 2.89 bits per heavy atom. The molecule has 4 rings (SSSR count). The van der Waals surface area contributed by atoms with E-state index in [1.807, 2.05) is 28.1 Å². The van der Waals surface area contributed by atoms with Gasteiger partial charge in [-0.3, -0.25) is 9.69 Å². The van der Waals surface area contributed by atoms with Crippen molar-refractivity contribution in [2.45, 2.75) is 13.0 Å². The molecule has 0 spiro atoms. The van der Waals surface area contributed by atoms with Crippen molar-refractivity contribution in [3.8, 4) is 0 Å². The van der Waals surface area contributed by atoms with Crippen molar-refractivity contribution in [2.24, 2.45) is 0 Å². The molecule has 3 aromatic rings. The van der Waals surface area contributed by atoms with Crippen LogP contribution < -0.4 is 5.32 Å². The van der Waals surface area contributed by atoms with Crippen LogP contribution in [-0.4, -0.2) is 54.8 Å². The van der Waals surface area contributed by atoms with Crippen molar-refractivity contribution in [2.75, 3.05) is 39.4 Å². The Kier molecular flexibility index (Phi) is 6.04. The van der Waals surface area contributed by atoms with Crippen LogP contribution in [0.25, 0.3) is 10.2 Å². The maximum atomic E-state index is 13.6. The molecule has 0 unspecified atom stereocenters. The molecule has 7 heteroatoms. The Bertz CT molecular complexity index is 946. The first kappa shape index (κ1) is 19.1. The molecule has 28 heavy (non-hydrogen) atoms. The average molecular weight is 402 g/mol.